The number of hydrogen-bond donors (Lipinski definition) is 2. The van der Waals surface area contributed by atoms with Crippen LogP contribution in [0.5, 0.6) is 0 Å². The summed E-state index contributed by atoms with van der Waals surface area (Å²) in [4.78, 5) is 40.8. The van der Waals surface area contributed by atoms with Gasteiger partial charge in [0.1, 0.15) is 11.9 Å². The molecule has 2 atom stereocenters. The van der Waals surface area contributed by atoms with Crippen LogP contribution < -0.4 is 5.32 Å². The molecule has 234 valence electrons. The zero-order chi connectivity index (χ0) is 31.3. The minimum atomic E-state index is -0.666. The Morgan fingerprint density at radius 1 is 1.00 bits per heavy atom. The highest BCUT2D eigenvalue weighted by Gasteiger charge is 2.42. The molecule has 7 rings (SSSR count). The molecule has 45 heavy (non-hydrogen) atoms. The number of benzene rings is 2. The molecule has 2 N–H and O–H groups in total. The van der Waals surface area contributed by atoms with Crippen LogP contribution in [-0.4, -0.2) is 51.5 Å². The fourth-order valence-corrected chi connectivity index (χ4v) is 8.53. The molecule has 1 aliphatic heterocycles. The Morgan fingerprint density at radius 2 is 1.71 bits per heavy atom. The van der Waals surface area contributed by atoms with Gasteiger partial charge in [-0.1, -0.05) is 63.1 Å². The minimum Gasteiger partial charge on any atom is -0.453 e. The van der Waals surface area contributed by atoms with Crippen molar-refractivity contribution >= 4 is 38.7 Å². The number of imidazole rings is 1. The minimum absolute atomic E-state index is 0.0833. The maximum atomic E-state index is 13.6. The van der Waals surface area contributed by atoms with Crippen molar-refractivity contribution in [3.05, 3.63) is 70.2 Å². The van der Waals surface area contributed by atoms with Gasteiger partial charge >= 0.3 is 6.09 Å². The van der Waals surface area contributed by atoms with Crippen LogP contribution in [0, 0.1) is 11.3 Å². The molecule has 3 heterocycles. The number of nitrogens with zero attached hydrogens (tertiary/aromatic N) is 3. The predicted octanol–water partition coefficient (Wildman–Crippen LogP) is 7.76. The van der Waals surface area contributed by atoms with E-state index in [4.69, 9.17) is 14.7 Å². The summed E-state index contributed by atoms with van der Waals surface area (Å²) in [6.45, 7) is 4.47. The van der Waals surface area contributed by atoms with Crippen molar-refractivity contribution in [2.45, 2.75) is 77.3 Å². The molecule has 1 spiro atoms. The third-order valence-electron chi connectivity index (χ3n) is 10.3. The molecule has 2 aromatic carbocycles. The second-order valence-corrected chi connectivity index (χ2v) is 14.3. The standard InChI is InChI=1S/C36H40BrN5O3/c1-21(2)31(41-35(44)45-3)34(43)42-16-8-11-30(42)33-39-20-29(40-33)24-12-13-25(23-10-5-4-9-22(23)24)32-27-18-36(14-6-7-15-36)17-26(27)28(37)19-38-32/h4-5,9-10,12-13,19-21,30-31H,6-8,11,14-18H2,1-3H3,(H,39,40)(H,41,44)/t30-,31-/m0/s1. The van der Waals surface area contributed by atoms with Gasteiger partial charge < -0.3 is 19.9 Å². The first-order valence-electron chi connectivity index (χ1n) is 16.2. The first-order valence-corrected chi connectivity index (χ1v) is 17.0. The van der Waals surface area contributed by atoms with E-state index in [1.54, 1.807) is 0 Å². The average molecular weight is 671 g/mol. The number of methoxy groups -OCH3 is 1. The Bertz CT molecular complexity index is 1780. The van der Waals surface area contributed by atoms with E-state index in [0.717, 1.165) is 58.3 Å². The summed E-state index contributed by atoms with van der Waals surface area (Å²) in [5.74, 6) is 0.568. The third kappa shape index (κ3) is 5.33. The monoisotopic (exact) mass is 669 g/mol. The molecule has 1 saturated carbocycles. The van der Waals surface area contributed by atoms with Crippen molar-refractivity contribution in [2.75, 3.05) is 13.7 Å². The number of hydrogen-bond acceptors (Lipinski definition) is 5. The highest BCUT2D eigenvalue weighted by Crippen LogP contribution is 2.52. The maximum Gasteiger partial charge on any atom is 0.407 e. The molecule has 9 heteroatoms. The highest BCUT2D eigenvalue weighted by molar-refractivity contribution is 9.10. The van der Waals surface area contributed by atoms with Gasteiger partial charge in [-0.05, 0) is 87.7 Å². The predicted molar refractivity (Wildman–Crippen MR) is 179 cm³/mol. The average Bonchev–Trinajstić information content (AvgIpc) is 3.86. The van der Waals surface area contributed by atoms with Crippen LogP contribution in [-0.2, 0) is 22.4 Å². The summed E-state index contributed by atoms with van der Waals surface area (Å²) in [5, 5.41) is 5.03. The Kier molecular flexibility index (Phi) is 7.92. The van der Waals surface area contributed by atoms with Crippen LogP contribution in [0.4, 0.5) is 4.79 Å². The lowest BCUT2D eigenvalue weighted by atomic mass is 9.83. The van der Waals surface area contributed by atoms with Crippen LogP contribution in [0.25, 0.3) is 33.3 Å². The van der Waals surface area contributed by atoms with Crippen LogP contribution >= 0.6 is 15.9 Å². The zero-order valence-electron chi connectivity index (χ0n) is 26.2. The summed E-state index contributed by atoms with van der Waals surface area (Å²) in [5.41, 5.74) is 7.48. The van der Waals surface area contributed by atoms with E-state index in [9.17, 15) is 9.59 Å². The maximum absolute atomic E-state index is 13.6. The molecule has 0 bridgehead atoms. The fraction of sp³-hybridized carbons (Fsp3) is 0.444. The molecule has 2 fully saturated rings. The number of rotatable bonds is 6. The zero-order valence-corrected chi connectivity index (χ0v) is 27.7. The van der Waals surface area contributed by atoms with E-state index < -0.39 is 12.1 Å². The molecule has 0 radical (unpaired) electrons. The lowest BCUT2D eigenvalue weighted by molar-refractivity contribution is -0.135. The normalized spacial score (nSPS) is 19.4. The molecule has 4 aromatic rings. The van der Waals surface area contributed by atoms with E-state index in [-0.39, 0.29) is 17.9 Å². The van der Waals surface area contributed by atoms with E-state index >= 15 is 0 Å². The quantitative estimate of drug-likeness (QED) is 0.219. The van der Waals surface area contributed by atoms with Gasteiger partial charge in [0.05, 0.1) is 30.7 Å². The Balaban J connectivity index is 1.22. The van der Waals surface area contributed by atoms with E-state index in [1.807, 2.05) is 31.1 Å². The van der Waals surface area contributed by atoms with Crippen molar-refractivity contribution in [3.8, 4) is 22.5 Å². The Labute approximate surface area is 272 Å². The number of fused-ring (bicyclic) bond motifs is 2. The molecule has 2 amide bonds. The SMILES string of the molecule is COC(=O)N[C@H](C(=O)N1CCC[C@H]1c1ncc(-c2ccc(-c3ncc(Br)c4c3CC3(CCCC3)C4)c3ccccc23)[nH]1)C(C)C. The fourth-order valence-electron chi connectivity index (χ4n) is 8.04. The van der Waals surface area contributed by atoms with E-state index in [0.29, 0.717) is 12.0 Å². The molecule has 3 aliphatic rings. The summed E-state index contributed by atoms with van der Waals surface area (Å²) in [6.07, 6.45) is 12.5. The van der Waals surface area contributed by atoms with Crippen molar-refractivity contribution < 1.29 is 14.3 Å². The number of aromatic amines is 1. The van der Waals surface area contributed by atoms with Crippen LogP contribution in [0.1, 0.15) is 75.4 Å². The molecule has 2 aliphatic carbocycles. The van der Waals surface area contributed by atoms with E-state index in [1.165, 1.54) is 54.9 Å². The molecule has 0 unspecified atom stereocenters. The van der Waals surface area contributed by atoms with Gasteiger partial charge in [-0.15, -0.1) is 0 Å². The molecule has 1 saturated heterocycles. The largest absolute Gasteiger partial charge is 0.453 e. The number of likely N-dealkylation sites (tertiary alicyclic amines) is 1. The first-order chi connectivity index (χ1) is 21.8. The van der Waals surface area contributed by atoms with Crippen molar-refractivity contribution in [1.29, 1.82) is 0 Å². The Hall–Kier alpha value is -3.72. The smallest absolute Gasteiger partial charge is 0.407 e. The van der Waals surface area contributed by atoms with E-state index in [2.05, 4.69) is 62.6 Å². The number of aromatic nitrogens is 3. The number of pyridine rings is 1. The summed E-state index contributed by atoms with van der Waals surface area (Å²) >= 11 is 3.83. The molecular formula is C36H40BrN5O3. The number of nitrogens with one attached hydrogen (secondary N) is 2. The highest BCUT2D eigenvalue weighted by atomic mass is 79.9. The first kappa shape index (κ1) is 30.0. The van der Waals surface area contributed by atoms with Crippen molar-refractivity contribution in [1.82, 2.24) is 25.2 Å². The van der Waals surface area contributed by atoms with Gasteiger partial charge in [0.15, 0.2) is 0 Å². The second-order valence-electron chi connectivity index (χ2n) is 13.4. The van der Waals surface area contributed by atoms with Crippen LogP contribution in [0.3, 0.4) is 0 Å². The topological polar surface area (TPSA) is 100 Å². The number of H-pyrrole nitrogens is 1. The van der Waals surface area contributed by atoms with Gasteiger partial charge in [0.2, 0.25) is 5.91 Å². The van der Waals surface area contributed by atoms with Crippen LogP contribution in [0.15, 0.2) is 53.3 Å². The molecular weight excluding hydrogens is 630 g/mol. The van der Waals surface area contributed by atoms with Gasteiger partial charge in [-0.2, -0.15) is 0 Å². The summed E-state index contributed by atoms with van der Waals surface area (Å²) in [7, 11) is 1.31. The lowest BCUT2D eigenvalue weighted by Gasteiger charge is -2.30. The van der Waals surface area contributed by atoms with Gasteiger partial charge in [0, 0.05) is 28.3 Å². The number of alkyl carbamates (subject to hydrolysis) is 1. The Morgan fingerprint density at radius 3 is 2.44 bits per heavy atom. The van der Waals surface area contributed by atoms with Crippen molar-refractivity contribution in [3.63, 3.8) is 0 Å². The van der Waals surface area contributed by atoms with Gasteiger partial charge in [-0.25, -0.2) is 9.78 Å². The third-order valence-corrected chi connectivity index (χ3v) is 11.0. The summed E-state index contributed by atoms with van der Waals surface area (Å²) in [6, 6.07) is 12.1. The van der Waals surface area contributed by atoms with Crippen LogP contribution in [0.2, 0.25) is 0 Å². The number of halogens is 1. The van der Waals surface area contributed by atoms with Gasteiger partial charge in [-0.3, -0.25) is 9.78 Å². The summed E-state index contributed by atoms with van der Waals surface area (Å²) < 4.78 is 5.92. The van der Waals surface area contributed by atoms with Gasteiger partial charge in [0.25, 0.3) is 0 Å². The number of amides is 2. The number of carbonyl (C=O) groups excluding carboxylic acids is 2. The lowest BCUT2D eigenvalue weighted by Crippen LogP contribution is -2.51. The number of carbonyl (C=O) groups is 2. The molecule has 2 aromatic heterocycles. The second kappa shape index (κ2) is 11.9. The number of ether oxygens (including phenoxy) is 1. The van der Waals surface area contributed by atoms with Crippen molar-refractivity contribution in [2.24, 2.45) is 11.3 Å². The molecule has 8 nitrogen and oxygen atoms in total.